The first-order valence-corrected chi connectivity index (χ1v) is 9.87. The molecule has 0 atom stereocenters. The number of hydrogen-bond donors (Lipinski definition) is 1. The standard InChI is InChI=1S/C20H28N6O/c1-16-15-21-7-3-18(16)24-9-2-10-26(14-13-24)20-22-8-4-19(23-20)25-11-5-17(27)6-12-25/h3-4,7-8,15,17,27H,2,5-6,9-14H2,1H3. The molecular formula is C20H28N6O. The van der Waals surface area contributed by atoms with Crippen molar-refractivity contribution in [2.75, 3.05) is 54.0 Å². The lowest BCUT2D eigenvalue weighted by atomic mass is 10.1. The van der Waals surface area contributed by atoms with Crippen molar-refractivity contribution in [3.8, 4) is 0 Å². The topological polar surface area (TPSA) is 68.6 Å². The fraction of sp³-hybridized carbons (Fsp3) is 0.550. The Kier molecular flexibility index (Phi) is 5.38. The molecule has 1 N–H and O–H groups in total. The molecule has 27 heavy (non-hydrogen) atoms. The molecule has 0 saturated carbocycles. The first-order chi connectivity index (χ1) is 13.2. The summed E-state index contributed by atoms with van der Waals surface area (Å²) in [4.78, 5) is 20.6. The molecule has 2 fully saturated rings. The summed E-state index contributed by atoms with van der Waals surface area (Å²) < 4.78 is 0. The Balaban J connectivity index is 1.45. The van der Waals surface area contributed by atoms with E-state index in [-0.39, 0.29) is 6.10 Å². The fourth-order valence-corrected chi connectivity index (χ4v) is 3.94. The molecule has 2 aromatic heterocycles. The maximum absolute atomic E-state index is 9.73. The lowest BCUT2D eigenvalue weighted by molar-refractivity contribution is 0.145. The summed E-state index contributed by atoms with van der Waals surface area (Å²) in [6.45, 7) is 7.68. The number of nitrogens with zero attached hydrogens (tertiary/aromatic N) is 6. The van der Waals surface area contributed by atoms with Gasteiger partial charge in [-0.3, -0.25) is 4.98 Å². The molecule has 7 heteroatoms. The van der Waals surface area contributed by atoms with E-state index in [1.165, 1.54) is 11.3 Å². The minimum Gasteiger partial charge on any atom is -0.393 e. The van der Waals surface area contributed by atoms with Crippen LogP contribution in [0.2, 0.25) is 0 Å². The van der Waals surface area contributed by atoms with Gasteiger partial charge in [0.05, 0.1) is 6.10 Å². The summed E-state index contributed by atoms with van der Waals surface area (Å²) in [5.74, 6) is 1.78. The normalized spacial score (nSPS) is 19.3. The molecule has 2 aliphatic rings. The van der Waals surface area contributed by atoms with Gasteiger partial charge >= 0.3 is 0 Å². The second kappa shape index (κ2) is 8.08. The van der Waals surface area contributed by atoms with E-state index in [2.05, 4.69) is 37.7 Å². The minimum absolute atomic E-state index is 0.171. The molecule has 4 rings (SSSR count). The summed E-state index contributed by atoms with van der Waals surface area (Å²) in [5, 5.41) is 9.73. The van der Waals surface area contributed by atoms with E-state index < -0.39 is 0 Å². The Hall–Kier alpha value is -2.41. The molecule has 0 aliphatic carbocycles. The van der Waals surface area contributed by atoms with Crippen LogP contribution in [-0.2, 0) is 0 Å². The summed E-state index contributed by atoms with van der Waals surface area (Å²) >= 11 is 0. The Bertz CT molecular complexity index is 762. The Morgan fingerprint density at radius 2 is 1.70 bits per heavy atom. The van der Waals surface area contributed by atoms with Crippen molar-refractivity contribution in [3.05, 3.63) is 36.3 Å². The molecule has 2 saturated heterocycles. The van der Waals surface area contributed by atoms with Crippen LogP contribution in [0.15, 0.2) is 30.7 Å². The second-order valence-electron chi connectivity index (χ2n) is 7.42. The van der Waals surface area contributed by atoms with Crippen LogP contribution >= 0.6 is 0 Å². The maximum atomic E-state index is 9.73. The van der Waals surface area contributed by atoms with Crippen LogP contribution in [0, 0.1) is 6.92 Å². The third-order valence-electron chi connectivity index (χ3n) is 5.53. The van der Waals surface area contributed by atoms with Crippen LogP contribution in [0.1, 0.15) is 24.8 Å². The van der Waals surface area contributed by atoms with Gasteiger partial charge in [0.2, 0.25) is 5.95 Å². The molecule has 144 valence electrons. The molecule has 7 nitrogen and oxygen atoms in total. The highest BCUT2D eigenvalue weighted by Gasteiger charge is 2.21. The highest BCUT2D eigenvalue weighted by molar-refractivity contribution is 5.52. The van der Waals surface area contributed by atoms with Gasteiger partial charge in [0.25, 0.3) is 0 Å². The number of aromatic nitrogens is 3. The maximum Gasteiger partial charge on any atom is 0.227 e. The number of aliphatic hydroxyl groups is 1. The number of rotatable bonds is 3. The van der Waals surface area contributed by atoms with Crippen LogP contribution in [0.4, 0.5) is 17.5 Å². The Labute approximate surface area is 160 Å². The van der Waals surface area contributed by atoms with E-state index in [0.29, 0.717) is 0 Å². The van der Waals surface area contributed by atoms with Crippen LogP contribution in [0.3, 0.4) is 0 Å². The van der Waals surface area contributed by atoms with Gasteiger partial charge in [0.15, 0.2) is 0 Å². The highest BCUT2D eigenvalue weighted by Crippen LogP contribution is 2.23. The monoisotopic (exact) mass is 368 g/mol. The highest BCUT2D eigenvalue weighted by atomic mass is 16.3. The zero-order chi connectivity index (χ0) is 18.6. The van der Waals surface area contributed by atoms with Crippen LogP contribution in [0.25, 0.3) is 0 Å². The van der Waals surface area contributed by atoms with Gasteiger partial charge in [0.1, 0.15) is 5.82 Å². The first-order valence-electron chi connectivity index (χ1n) is 9.87. The minimum atomic E-state index is -0.171. The van der Waals surface area contributed by atoms with Crippen molar-refractivity contribution in [2.24, 2.45) is 0 Å². The summed E-state index contributed by atoms with van der Waals surface area (Å²) in [6.07, 6.45) is 8.18. The van der Waals surface area contributed by atoms with Crippen molar-refractivity contribution in [3.63, 3.8) is 0 Å². The third kappa shape index (κ3) is 4.13. The molecule has 0 radical (unpaired) electrons. The van der Waals surface area contributed by atoms with Gasteiger partial charge in [-0.15, -0.1) is 0 Å². The summed E-state index contributed by atoms with van der Waals surface area (Å²) in [5.41, 5.74) is 2.49. The van der Waals surface area contributed by atoms with E-state index in [1.807, 2.05) is 24.7 Å². The van der Waals surface area contributed by atoms with E-state index in [0.717, 1.165) is 70.3 Å². The Morgan fingerprint density at radius 1 is 0.926 bits per heavy atom. The molecule has 0 amide bonds. The van der Waals surface area contributed by atoms with Gasteiger partial charge < -0.3 is 19.8 Å². The lowest BCUT2D eigenvalue weighted by Gasteiger charge is -2.31. The molecule has 0 aromatic carbocycles. The van der Waals surface area contributed by atoms with Gasteiger partial charge in [-0.05, 0) is 43.9 Å². The average Bonchev–Trinajstić information content (AvgIpc) is 2.95. The Morgan fingerprint density at radius 3 is 2.52 bits per heavy atom. The quantitative estimate of drug-likeness (QED) is 0.887. The van der Waals surface area contributed by atoms with Crippen molar-refractivity contribution < 1.29 is 5.11 Å². The van der Waals surface area contributed by atoms with Gasteiger partial charge in [-0.1, -0.05) is 0 Å². The molecular weight excluding hydrogens is 340 g/mol. The summed E-state index contributed by atoms with van der Waals surface area (Å²) in [6, 6.07) is 4.08. The number of anilines is 3. The first kappa shape index (κ1) is 18.0. The smallest absolute Gasteiger partial charge is 0.227 e. The number of hydrogen-bond acceptors (Lipinski definition) is 7. The number of pyridine rings is 1. The van der Waals surface area contributed by atoms with Crippen LogP contribution in [0.5, 0.6) is 0 Å². The van der Waals surface area contributed by atoms with Crippen molar-refractivity contribution in [1.29, 1.82) is 0 Å². The van der Waals surface area contributed by atoms with Gasteiger partial charge in [-0.25, -0.2) is 4.98 Å². The summed E-state index contributed by atoms with van der Waals surface area (Å²) in [7, 11) is 0. The van der Waals surface area contributed by atoms with Crippen LogP contribution in [-0.4, -0.2) is 65.4 Å². The number of aryl methyl sites for hydroxylation is 1. The largest absolute Gasteiger partial charge is 0.393 e. The van der Waals surface area contributed by atoms with E-state index in [9.17, 15) is 5.11 Å². The van der Waals surface area contributed by atoms with Crippen LogP contribution < -0.4 is 14.7 Å². The van der Waals surface area contributed by atoms with Crippen molar-refractivity contribution in [2.45, 2.75) is 32.3 Å². The molecule has 0 unspecified atom stereocenters. The molecule has 2 aromatic rings. The SMILES string of the molecule is Cc1cnccc1N1CCCN(c2nccc(N3CCC(O)CC3)n2)CC1. The molecule has 4 heterocycles. The molecule has 0 bridgehead atoms. The zero-order valence-corrected chi connectivity index (χ0v) is 16.0. The van der Waals surface area contributed by atoms with E-state index in [1.54, 1.807) is 0 Å². The third-order valence-corrected chi connectivity index (χ3v) is 5.53. The van der Waals surface area contributed by atoms with Crippen molar-refractivity contribution in [1.82, 2.24) is 15.0 Å². The zero-order valence-electron chi connectivity index (χ0n) is 16.0. The molecule has 0 spiro atoms. The van der Waals surface area contributed by atoms with Crippen molar-refractivity contribution >= 4 is 17.5 Å². The number of aliphatic hydroxyl groups excluding tert-OH is 1. The van der Waals surface area contributed by atoms with E-state index >= 15 is 0 Å². The lowest BCUT2D eigenvalue weighted by Crippen LogP contribution is -2.37. The predicted octanol–water partition coefficient (Wildman–Crippen LogP) is 1.86. The van der Waals surface area contributed by atoms with Gasteiger partial charge in [-0.2, -0.15) is 4.98 Å². The molecule has 2 aliphatic heterocycles. The van der Waals surface area contributed by atoms with E-state index in [4.69, 9.17) is 4.98 Å². The fourth-order valence-electron chi connectivity index (χ4n) is 3.94. The average molecular weight is 368 g/mol. The van der Waals surface area contributed by atoms with Gasteiger partial charge in [0, 0.05) is 63.5 Å². The second-order valence-corrected chi connectivity index (χ2v) is 7.42. The number of piperidine rings is 1. The predicted molar refractivity (Wildman–Crippen MR) is 108 cm³/mol.